The monoisotopic (exact) mass is 300 g/mol. The molecule has 5 heteroatoms. The van der Waals surface area contributed by atoms with Gasteiger partial charge in [-0.1, -0.05) is 56.1 Å². The van der Waals surface area contributed by atoms with E-state index in [1.807, 2.05) is 6.07 Å². The van der Waals surface area contributed by atoms with E-state index in [2.05, 4.69) is 46.1 Å². The molecule has 0 atom stereocenters. The smallest absolute Gasteiger partial charge is 0.211 e. The van der Waals surface area contributed by atoms with Crippen molar-refractivity contribution in [3.63, 3.8) is 0 Å². The molecule has 1 aromatic carbocycles. The zero-order valence-electron chi connectivity index (χ0n) is 12.5. The number of aryl methyl sites for hydroxylation is 1. The van der Waals surface area contributed by atoms with Crippen LogP contribution in [0.2, 0.25) is 0 Å². The molecule has 2 aromatic heterocycles. The van der Waals surface area contributed by atoms with Crippen molar-refractivity contribution in [1.29, 1.82) is 0 Å². The summed E-state index contributed by atoms with van der Waals surface area (Å²) in [5.41, 5.74) is 4.02. The zero-order chi connectivity index (χ0) is 14.7. The van der Waals surface area contributed by atoms with Gasteiger partial charge in [-0.15, -0.1) is 10.2 Å². The van der Waals surface area contributed by atoms with Crippen molar-refractivity contribution >= 4 is 33.8 Å². The third-order valence-corrected chi connectivity index (χ3v) is 4.59. The Morgan fingerprint density at radius 3 is 2.90 bits per heavy atom. The van der Waals surface area contributed by atoms with Gasteiger partial charge >= 0.3 is 0 Å². The normalized spacial score (nSPS) is 11.5. The van der Waals surface area contributed by atoms with Crippen molar-refractivity contribution in [3.8, 4) is 0 Å². The highest BCUT2D eigenvalue weighted by molar-refractivity contribution is 7.99. The van der Waals surface area contributed by atoms with E-state index in [4.69, 9.17) is 0 Å². The molecule has 0 aliphatic heterocycles. The van der Waals surface area contributed by atoms with Gasteiger partial charge in [-0.3, -0.25) is 0 Å². The standard InChI is InChI=1S/C16H20N4S/c1-3-4-5-6-10-21-16-18-15-14(19-20-16)12-9-7-8-11(2)13(12)17-15/h7-9H,3-6,10H2,1-2H3,(H,17,18,20). The first-order valence-electron chi connectivity index (χ1n) is 7.54. The largest absolute Gasteiger partial charge is 0.337 e. The average molecular weight is 300 g/mol. The molecular weight excluding hydrogens is 280 g/mol. The van der Waals surface area contributed by atoms with Crippen LogP contribution in [0, 0.1) is 6.92 Å². The lowest BCUT2D eigenvalue weighted by Gasteiger charge is -1.99. The number of unbranched alkanes of at least 4 members (excludes halogenated alkanes) is 3. The predicted molar refractivity (Wildman–Crippen MR) is 88.8 cm³/mol. The van der Waals surface area contributed by atoms with E-state index in [9.17, 15) is 0 Å². The minimum absolute atomic E-state index is 0.767. The third-order valence-electron chi connectivity index (χ3n) is 3.67. The van der Waals surface area contributed by atoms with Crippen molar-refractivity contribution in [2.45, 2.75) is 44.7 Å². The number of aromatic amines is 1. The van der Waals surface area contributed by atoms with Gasteiger partial charge in [0.1, 0.15) is 5.52 Å². The zero-order valence-corrected chi connectivity index (χ0v) is 13.3. The topological polar surface area (TPSA) is 54.5 Å². The molecule has 0 radical (unpaired) electrons. The van der Waals surface area contributed by atoms with E-state index in [0.29, 0.717) is 0 Å². The van der Waals surface area contributed by atoms with Crippen LogP contribution < -0.4 is 0 Å². The summed E-state index contributed by atoms with van der Waals surface area (Å²) in [6.45, 7) is 4.32. The van der Waals surface area contributed by atoms with Crippen LogP contribution in [0.5, 0.6) is 0 Å². The lowest BCUT2D eigenvalue weighted by atomic mass is 10.1. The van der Waals surface area contributed by atoms with Crippen molar-refractivity contribution in [2.75, 3.05) is 5.75 Å². The van der Waals surface area contributed by atoms with Crippen LogP contribution in [0.4, 0.5) is 0 Å². The van der Waals surface area contributed by atoms with Gasteiger partial charge in [0.25, 0.3) is 0 Å². The highest BCUT2D eigenvalue weighted by Gasteiger charge is 2.10. The maximum absolute atomic E-state index is 4.61. The third kappa shape index (κ3) is 3.02. The first kappa shape index (κ1) is 14.3. The van der Waals surface area contributed by atoms with Crippen molar-refractivity contribution < 1.29 is 0 Å². The SMILES string of the molecule is CCCCCCSc1nnc2c(n1)[nH]c1c(C)cccc12. The Kier molecular flexibility index (Phi) is 4.39. The Labute approximate surface area is 128 Å². The number of hydrogen-bond donors (Lipinski definition) is 1. The fourth-order valence-corrected chi connectivity index (χ4v) is 3.27. The summed E-state index contributed by atoms with van der Waals surface area (Å²) in [4.78, 5) is 7.98. The van der Waals surface area contributed by atoms with Gasteiger partial charge in [0, 0.05) is 11.1 Å². The number of H-pyrrole nitrogens is 1. The van der Waals surface area contributed by atoms with Gasteiger partial charge < -0.3 is 4.98 Å². The maximum Gasteiger partial charge on any atom is 0.211 e. The molecule has 0 amide bonds. The molecule has 2 heterocycles. The number of nitrogens with zero attached hydrogens (tertiary/aromatic N) is 3. The minimum Gasteiger partial charge on any atom is -0.337 e. The number of benzene rings is 1. The van der Waals surface area contributed by atoms with Gasteiger partial charge in [0.15, 0.2) is 5.65 Å². The van der Waals surface area contributed by atoms with Gasteiger partial charge in [-0.2, -0.15) is 0 Å². The molecule has 3 aromatic rings. The minimum atomic E-state index is 0.767. The Morgan fingerprint density at radius 1 is 1.14 bits per heavy atom. The molecule has 21 heavy (non-hydrogen) atoms. The van der Waals surface area contributed by atoms with Crippen LogP contribution >= 0.6 is 11.8 Å². The van der Waals surface area contributed by atoms with Gasteiger partial charge in [0.2, 0.25) is 5.16 Å². The molecule has 0 aliphatic carbocycles. The second-order valence-electron chi connectivity index (χ2n) is 5.32. The van der Waals surface area contributed by atoms with Crippen molar-refractivity contribution in [3.05, 3.63) is 23.8 Å². The van der Waals surface area contributed by atoms with E-state index in [0.717, 1.165) is 33.0 Å². The number of para-hydroxylation sites is 1. The Bertz CT molecular complexity index is 750. The number of rotatable bonds is 6. The molecule has 0 saturated heterocycles. The van der Waals surface area contributed by atoms with Gasteiger partial charge in [-0.25, -0.2) is 4.98 Å². The van der Waals surface area contributed by atoms with E-state index in [1.165, 1.54) is 31.2 Å². The fraction of sp³-hybridized carbons (Fsp3) is 0.438. The predicted octanol–water partition coefficient (Wildman–Crippen LogP) is 4.49. The summed E-state index contributed by atoms with van der Waals surface area (Å²) in [5.74, 6) is 1.06. The average Bonchev–Trinajstić information content (AvgIpc) is 2.86. The number of aromatic nitrogens is 4. The molecule has 0 fully saturated rings. The summed E-state index contributed by atoms with van der Waals surface area (Å²) >= 11 is 1.70. The molecule has 110 valence electrons. The summed E-state index contributed by atoms with van der Waals surface area (Å²) in [6, 6.07) is 6.20. The number of hydrogen-bond acceptors (Lipinski definition) is 4. The lowest BCUT2D eigenvalue weighted by Crippen LogP contribution is -1.92. The molecule has 0 bridgehead atoms. The second kappa shape index (κ2) is 6.43. The summed E-state index contributed by atoms with van der Waals surface area (Å²) < 4.78 is 0. The molecule has 0 spiro atoms. The quantitative estimate of drug-likeness (QED) is 0.538. The maximum atomic E-state index is 4.61. The second-order valence-corrected chi connectivity index (χ2v) is 6.39. The molecule has 0 saturated carbocycles. The number of thioether (sulfide) groups is 1. The lowest BCUT2D eigenvalue weighted by molar-refractivity contribution is 0.705. The van der Waals surface area contributed by atoms with Crippen LogP contribution in [-0.4, -0.2) is 25.9 Å². The molecule has 1 N–H and O–H groups in total. The summed E-state index contributed by atoms with van der Waals surface area (Å²) in [6.07, 6.45) is 5.07. The molecule has 3 rings (SSSR count). The van der Waals surface area contributed by atoms with E-state index in [1.54, 1.807) is 11.8 Å². The van der Waals surface area contributed by atoms with E-state index < -0.39 is 0 Å². The summed E-state index contributed by atoms with van der Waals surface area (Å²) in [7, 11) is 0. The Hall–Kier alpha value is -1.62. The van der Waals surface area contributed by atoms with Gasteiger partial charge in [0.05, 0.1) is 5.52 Å². The number of fused-ring (bicyclic) bond motifs is 3. The van der Waals surface area contributed by atoms with E-state index in [-0.39, 0.29) is 0 Å². The van der Waals surface area contributed by atoms with E-state index >= 15 is 0 Å². The Morgan fingerprint density at radius 2 is 2.05 bits per heavy atom. The van der Waals surface area contributed by atoms with Crippen molar-refractivity contribution in [2.24, 2.45) is 0 Å². The fourth-order valence-electron chi connectivity index (χ4n) is 2.48. The number of nitrogens with one attached hydrogen (secondary N) is 1. The molecule has 4 nitrogen and oxygen atoms in total. The molecular formula is C16H20N4S. The first-order chi connectivity index (χ1) is 10.3. The van der Waals surface area contributed by atoms with Crippen LogP contribution in [-0.2, 0) is 0 Å². The molecule has 0 unspecified atom stereocenters. The highest BCUT2D eigenvalue weighted by atomic mass is 32.2. The van der Waals surface area contributed by atoms with Crippen LogP contribution in [0.25, 0.3) is 22.1 Å². The highest BCUT2D eigenvalue weighted by Crippen LogP contribution is 2.25. The van der Waals surface area contributed by atoms with Crippen LogP contribution in [0.3, 0.4) is 0 Å². The Balaban J connectivity index is 1.80. The summed E-state index contributed by atoms with van der Waals surface area (Å²) in [5, 5.41) is 10.5. The van der Waals surface area contributed by atoms with Crippen molar-refractivity contribution in [1.82, 2.24) is 20.2 Å². The molecule has 0 aliphatic rings. The van der Waals surface area contributed by atoms with Crippen LogP contribution in [0.1, 0.15) is 38.2 Å². The first-order valence-corrected chi connectivity index (χ1v) is 8.52. The van der Waals surface area contributed by atoms with Gasteiger partial charge in [-0.05, 0) is 18.9 Å². The van der Waals surface area contributed by atoms with Crippen LogP contribution in [0.15, 0.2) is 23.4 Å².